The minimum atomic E-state index is -0.0689. The molecule has 2 nitrogen and oxygen atoms in total. The first-order valence-corrected chi connectivity index (χ1v) is 7.64. The Kier molecular flexibility index (Phi) is 4.93. The van der Waals surface area contributed by atoms with Crippen LogP contribution in [0.3, 0.4) is 0 Å². The molecule has 98 valence electrons. The highest BCUT2D eigenvalue weighted by atomic mass is 79.9. The molecule has 1 saturated carbocycles. The lowest BCUT2D eigenvalue weighted by atomic mass is 10.1. The summed E-state index contributed by atoms with van der Waals surface area (Å²) in [6, 6.07) is 5.36. The van der Waals surface area contributed by atoms with E-state index in [-0.39, 0.29) is 11.9 Å². The summed E-state index contributed by atoms with van der Waals surface area (Å²) in [7, 11) is 0. The molecule has 5 heteroatoms. The summed E-state index contributed by atoms with van der Waals surface area (Å²) in [5.41, 5.74) is 0.611. The van der Waals surface area contributed by atoms with Crippen LogP contribution in [0.4, 0.5) is 0 Å². The fourth-order valence-electron chi connectivity index (χ4n) is 2.33. The molecule has 1 aromatic rings. The van der Waals surface area contributed by atoms with Crippen LogP contribution in [-0.4, -0.2) is 17.8 Å². The van der Waals surface area contributed by atoms with E-state index in [9.17, 15) is 4.79 Å². The summed E-state index contributed by atoms with van der Waals surface area (Å²) >= 11 is 15.1. The summed E-state index contributed by atoms with van der Waals surface area (Å²) < 4.78 is 0.716. The summed E-state index contributed by atoms with van der Waals surface area (Å²) in [5.74, 6) is 0.925. The fraction of sp³-hybridized carbons (Fsp3) is 0.462. The van der Waals surface area contributed by atoms with Crippen molar-refractivity contribution in [2.45, 2.75) is 25.3 Å². The fourth-order valence-corrected chi connectivity index (χ4v) is 3.56. The van der Waals surface area contributed by atoms with Crippen molar-refractivity contribution in [2.24, 2.45) is 5.92 Å². The van der Waals surface area contributed by atoms with E-state index >= 15 is 0 Å². The van der Waals surface area contributed by atoms with Crippen LogP contribution in [0.1, 0.15) is 29.6 Å². The lowest BCUT2D eigenvalue weighted by Gasteiger charge is -2.19. The number of benzene rings is 1. The topological polar surface area (TPSA) is 29.1 Å². The van der Waals surface area contributed by atoms with Crippen molar-refractivity contribution in [2.75, 3.05) is 5.88 Å². The molecule has 1 fully saturated rings. The van der Waals surface area contributed by atoms with Gasteiger partial charge in [0.25, 0.3) is 5.91 Å². The highest BCUT2D eigenvalue weighted by Crippen LogP contribution is 2.28. The Balaban J connectivity index is 2.07. The van der Waals surface area contributed by atoms with E-state index in [0.717, 1.165) is 19.3 Å². The van der Waals surface area contributed by atoms with E-state index in [4.69, 9.17) is 23.2 Å². The second kappa shape index (κ2) is 6.27. The maximum Gasteiger partial charge on any atom is 0.252 e. The highest BCUT2D eigenvalue weighted by molar-refractivity contribution is 9.10. The Morgan fingerprint density at radius 3 is 2.89 bits per heavy atom. The SMILES string of the molecule is O=C(NC1CCCC1CCl)c1ccc(Cl)cc1Br. The van der Waals surface area contributed by atoms with Gasteiger partial charge in [-0.2, -0.15) is 0 Å². The lowest BCUT2D eigenvalue weighted by molar-refractivity contribution is 0.0929. The van der Waals surface area contributed by atoms with Crippen molar-refractivity contribution in [3.8, 4) is 0 Å². The van der Waals surface area contributed by atoms with Gasteiger partial charge in [-0.25, -0.2) is 0 Å². The Hall–Kier alpha value is -0.250. The molecule has 0 aliphatic heterocycles. The average molecular weight is 351 g/mol. The van der Waals surface area contributed by atoms with Crippen molar-refractivity contribution in [3.05, 3.63) is 33.3 Å². The molecule has 0 radical (unpaired) electrons. The first kappa shape index (κ1) is 14.2. The molecular formula is C13H14BrCl2NO. The zero-order chi connectivity index (χ0) is 13.1. The van der Waals surface area contributed by atoms with Crippen LogP contribution in [0.2, 0.25) is 5.02 Å². The third-order valence-corrected chi connectivity index (χ3v) is 4.64. The van der Waals surface area contributed by atoms with E-state index in [0.29, 0.717) is 26.9 Å². The van der Waals surface area contributed by atoms with Gasteiger partial charge in [-0.1, -0.05) is 18.0 Å². The minimum absolute atomic E-state index is 0.0689. The molecular weight excluding hydrogens is 337 g/mol. The van der Waals surface area contributed by atoms with E-state index in [2.05, 4.69) is 21.2 Å². The van der Waals surface area contributed by atoms with Crippen molar-refractivity contribution >= 4 is 45.0 Å². The van der Waals surface area contributed by atoms with Crippen molar-refractivity contribution in [1.29, 1.82) is 0 Å². The standard InChI is InChI=1S/C13H14BrCl2NO/c14-11-6-9(16)4-5-10(11)13(18)17-12-3-1-2-8(12)7-15/h4-6,8,12H,1-3,7H2,(H,17,18). The van der Waals surface area contributed by atoms with Crippen LogP contribution in [0.25, 0.3) is 0 Å². The quantitative estimate of drug-likeness (QED) is 0.811. The largest absolute Gasteiger partial charge is 0.349 e. The first-order valence-electron chi connectivity index (χ1n) is 5.93. The monoisotopic (exact) mass is 349 g/mol. The predicted octanol–water partition coefficient (Wildman–Crippen LogP) is 4.24. The smallest absolute Gasteiger partial charge is 0.252 e. The van der Waals surface area contributed by atoms with Crippen LogP contribution in [0, 0.1) is 5.92 Å². The summed E-state index contributed by atoms with van der Waals surface area (Å²) in [4.78, 5) is 12.2. The Morgan fingerprint density at radius 1 is 1.44 bits per heavy atom. The van der Waals surface area contributed by atoms with Gasteiger partial charge in [0.1, 0.15) is 0 Å². The Morgan fingerprint density at radius 2 is 2.22 bits per heavy atom. The number of rotatable bonds is 3. The number of halogens is 3. The van der Waals surface area contributed by atoms with E-state index in [1.807, 2.05) is 0 Å². The normalized spacial score (nSPS) is 23.1. The number of hydrogen-bond donors (Lipinski definition) is 1. The number of carbonyl (C=O) groups is 1. The molecule has 2 rings (SSSR count). The summed E-state index contributed by atoms with van der Waals surface area (Å²) in [6.07, 6.45) is 3.23. The van der Waals surface area contributed by atoms with Gasteiger partial charge in [0, 0.05) is 21.4 Å². The molecule has 0 bridgehead atoms. The van der Waals surface area contributed by atoms with Crippen LogP contribution < -0.4 is 5.32 Å². The highest BCUT2D eigenvalue weighted by Gasteiger charge is 2.28. The molecule has 0 aromatic heterocycles. The third kappa shape index (κ3) is 3.19. The zero-order valence-corrected chi connectivity index (χ0v) is 12.9. The summed E-state index contributed by atoms with van der Waals surface area (Å²) in [5, 5.41) is 3.67. The number of carbonyl (C=O) groups excluding carboxylic acids is 1. The molecule has 2 unspecified atom stereocenters. The van der Waals surface area contributed by atoms with Crippen molar-refractivity contribution < 1.29 is 4.79 Å². The van der Waals surface area contributed by atoms with Gasteiger partial charge in [-0.05, 0) is 52.9 Å². The molecule has 0 saturated heterocycles. The lowest BCUT2D eigenvalue weighted by Crippen LogP contribution is -2.38. The Bertz CT molecular complexity index is 453. The molecule has 1 aliphatic rings. The molecule has 1 amide bonds. The maximum absolute atomic E-state index is 12.2. The second-order valence-electron chi connectivity index (χ2n) is 4.55. The molecule has 1 N–H and O–H groups in total. The van der Waals surface area contributed by atoms with Crippen LogP contribution in [0.15, 0.2) is 22.7 Å². The maximum atomic E-state index is 12.2. The van der Waals surface area contributed by atoms with Gasteiger partial charge in [0.05, 0.1) is 5.56 Å². The van der Waals surface area contributed by atoms with Gasteiger partial charge in [-0.3, -0.25) is 4.79 Å². The van der Waals surface area contributed by atoms with Crippen LogP contribution in [0.5, 0.6) is 0 Å². The zero-order valence-electron chi connectivity index (χ0n) is 9.76. The van der Waals surface area contributed by atoms with Crippen LogP contribution in [-0.2, 0) is 0 Å². The van der Waals surface area contributed by atoms with E-state index < -0.39 is 0 Å². The van der Waals surface area contributed by atoms with Gasteiger partial charge < -0.3 is 5.32 Å². The number of nitrogens with one attached hydrogen (secondary N) is 1. The Labute approximate surface area is 125 Å². The summed E-state index contributed by atoms with van der Waals surface area (Å²) in [6.45, 7) is 0. The molecule has 1 aliphatic carbocycles. The molecule has 0 spiro atoms. The van der Waals surface area contributed by atoms with Gasteiger partial charge >= 0.3 is 0 Å². The first-order chi connectivity index (χ1) is 8.61. The molecule has 0 heterocycles. The molecule has 2 atom stereocenters. The van der Waals surface area contributed by atoms with Gasteiger partial charge in [0.2, 0.25) is 0 Å². The second-order valence-corrected chi connectivity index (χ2v) is 6.15. The number of amides is 1. The minimum Gasteiger partial charge on any atom is -0.349 e. The number of hydrogen-bond acceptors (Lipinski definition) is 1. The van der Waals surface area contributed by atoms with Crippen molar-refractivity contribution in [3.63, 3.8) is 0 Å². The predicted molar refractivity (Wildman–Crippen MR) is 78.5 cm³/mol. The number of alkyl halides is 1. The average Bonchev–Trinajstić information content (AvgIpc) is 2.76. The van der Waals surface area contributed by atoms with E-state index in [1.165, 1.54) is 0 Å². The van der Waals surface area contributed by atoms with Crippen molar-refractivity contribution in [1.82, 2.24) is 5.32 Å². The molecule has 18 heavy (non-hydrogen) atoms. The van der Waals surface area contributed by atoms with Gasteiger partial charge in [0.15, 0.2) is 0 Å². The van der Waals surface area contributed by atoms with Crippen LogP contribution >= 0.6 is 39.1 Å². The van der Waals surface area contributed by atoms with E-state index in [1.54, 1.807) is 18.2 Å². The molecule has 1 aromatic carbocycles. The third-order valence-electron chi connectivity index (χ3n) is 3.35. The van der Waals surface area contributed by atoms with Gasteiger partial charge in [-0.15, -0.1) is 11.6 Å².